The molecule has 0 bridgehead atoms. The van der Waals surface area contributed by atoms with Crippen LogP contribution in [-0.2, 0) is 16.2 Å². The molecule has 3 aromatic rings. The lowest BCUT2D eigenvalue weighted by molar-refractivity contribution is 0.0602. The van der Waals surface area contributed by atoms with Crippen LogP contribution in [0.3, 0.4) is 0 Å². The van der Waals surface area contributed by atoms with E-state index >= 15 is 0 Å². The molecule has 6 nitrogen and oxygen atoms in total. The largest absolute Gasteiger partial charge is 0.465 e. The van der Waals surface area contributed by atoms with Crippen molar-refractivity contribution in [2.24, 2.45) is 0 Å². The smallest absolute Gasteiger partial charge is 0.340 e. The van der Waals surface area contributed by atoms with Crippen molar-refractivity contribution < 1.29 is 18.7 Å². The molecular weight excluding hydrogens is 341 g/mol. The van der Waals surface area contributed by atoms with Gasteiger partial charge in [-0.1, -0.05) is 19.6 Å². The zero-order chi connectivity index (χ0) is 18.2. The van der Waals surface area contributed by atoms with Crippen LogP contribution in [0.2, 0.25) is 25.7 Å². The number of esters is 1. The summed E-state index contributed by atoms with van der Waals surface area (Å²) in [5.74, 6) is -1.10. The van der Waals surface area contributed by atoms with Gasteiger partial charge in [0.05, 0.1) is 24.4 Å². The van der Waals surface area contributed by atoms with E-state index in [4.69, 9.17) is 9.47 Å². The van der Waals surface area contributed by atoms with E-state index in [2.05, 4.69) is 24.7 Å². The van der Waals surface area contributed by atoms with Crippen LogP contribution in [-0.4, -0.2) is 41.9 Å². The molecule has 2 heterocycles. The Hall–Kier alpha value is -2.19. The molecule has 134 valence electrons. The molecule has 0 amide bonds. The van der Waals surface area contributed by atoms with Crippen molar-refractivity contribution in [3.63, 3.8) is 0 Å². The molecule has 0 saturated carbocycles. The van der Waals surface area contributed by atoms with Crippen LogP contribution in [0.4, 0.5) is 4.39 Å². The number of methoxy groups -OCH3 is 1. The van der Waals surface area contributed by atoms with Crippen LogP contribution in [0.15, 0.2) is 24.4 Å². The van der Waals surface area contributed by atoms with E-state index in [1.165, 1.54) is 19.2 Å². The summed E-state index contributed by atoms with van der Waals surface area (Å²) in [5.41, 5.74) is 1.95. The van der Waals surface area contributed by atoms with Gasteiger partial charge in [0.25, 0.3) is 0 Å². The fourth-order valence-electron chi connectivity index (χ4n) is 2.75. The van der Waals surface area contributed by atoms with Crippen LogP contribution in [0, 0.1) is 5.82 Å². The normalized spacial score (nSPS) is 12.2. The molecule has 0 spiro atoms. The lowest BCUT2D eigenvalue weighted by Gasteiger charge is -2.15. The maximum atomic E-state index is 14.1. The molecular formula is C17H22FN3O3Si. The molecule has 0 aliphatic rings. The van der Waals surface area contributed by atoms with Gasteiger partial charge in [0.15, 0.2) is 0 Å². The van der Waals surface area contributed by atoms with Crippen molar-refractivity contribution in [2.75, 3.05) is 13.7 Å². The molecule has 0 unspecified atom stereocenters. The summed E-state index contributed by atoms with van der Waals surface area (Å²) in [7, 11) is 0.0894. The molecule has 0 radical (unpaired) electrons. The fraction of sp³-hybridized carbons (Fsp3) is 0.412. The van der Waals surface area contributed by atoms with Crippen molar-refractivity contribution >= 4 is 30.7 Å². The summed E-state index contributed by atoms with van der Waals surface area (Å²) in [6.07, 6.45) is 1.64. The summed E-state index contributed by atoms with van der Waals surface area (Å²) in [5, 5.41) is 4.26. The lowest BCUT2D eigenvalue weighted by atomic mass is 10.2. The van der Waals surface area contributed by atoms with Gasteiger partial charge in [-0.05, 0) is 18.2 Å². The van der Waals surface area contributed by atoms with Crippen LogP contribution < -0.4 is 0 Å². The number of imidazole rings is 1. The molecule has 0 fully saturated rings. The monoisotopic (exact) mass is 363 g/mol. The van der Waals surface area contributed by atoms with Crippen LogP contribution >= 0.6 is 0 Å². The molecule has 8 heteroatoms. The van der Waals surface area contributed by atoms with E-state index < -0.39 is 19.9 Å². The van der Waals surface area contributed by atoms with Gasteiger partial charge in [-0.3, -0.25) is 0 Å². The first-order valence-electron chi connectivity index (χ1n) is 8.13. The first-order chi connectivity index (χ1) is 11.8. The number of rotatable bonds is 6. The van der Waals surface area contributed by atoms with E-state index in [1.807, 2.05) is 4.57 Å². The van der Waals surface area contributed by atoms with E-state index in [1.54, 1.807) is 16.8 Å². The predicted molar refractivity (Wildman–Crippen MR) is 96.1 cm³/mol. The number of benzene rings is 1. The van der Waals surface area contributed by atoms with Gasteiger partial charge < -0.3 is 14.0 Å². The molecule has 1 aromatic carbocycles. The molecule has 25 heavy (non-hydrogen) atoms. The average molecular weight is 363 g/mol. The standard InChI is InChI=1S/C17H22FN3O3Si/c1-23-17(22)13-9-12(18)10-14-16(13)21-15(5-6-19-21)20(14)11-24-7-8-25(2,3)4/h5-6,9-10H,7-8,11H2,1-4H3. The highest BCUT2D eigenvalue weighted by atomic mass is 28.3. The first kappa shape index (κ1) is 17.6. The number of ether oxygens (including phenoxy) is 2. The zero-order valence-corrected chi connectivity index (χ0v) is 15.9. The number of hydrogen-bond donors (Lipinski definition) is 0. The van der Waals surface area contributed by atoms with Gasteiger partial charge in [0, 0.05) is 20.7 Å². The minimum Gasteiger partial charge on any atom is -0.465 e. The Labute approximate surface area is 146 Å². The second kappa shape index (κ2) is 6.60. The number of carbonyl (C=O) groups is 1. The summed E-state index contributed by atoms with van der Waals surface area (Å²) < 4.78 is 28.1. The molecule has 0 N–H and O–H groups in total. The summed E-state index contributed by atoms with van der Waals surface area (Å²) in [6.45, 7) is 7.78. The number of aromatic nitrogens is 3. The third kappa shape index (κ3) is 3.45. The van der Waals surface area contributed by atoms with Crippen molar-refractivity contribution in [3.8, 4) is 0 Å². The van der Waals surface area contributed by atoms with Crippen molar-refractivity contribution in [2.45, 2.75) is 32.4 Å². The number of carbonyl (C=O) groups excluding carboxylic acids is 1. The van der Waals surface area contributed by atoms with Crippen LogP contribution in [0.5, 0.6) is 0 Å². The predicted octanol–water partition coefficient (Wildman–Crippen LogP) is 3.53. The van der Waals surface area contributed by atoms with Crippen LogP contribution in [0.25, 0.3) is 16.7 Å². The molecule has 0 aliphatic carbocycles. The quantitative estimate of drug-likeness (QED) is 0.382. The summed E-state index contributed by atoms with van der Waals surface area (Å²) >= 11 is 0. The van der Waals surface area contributed by atoms with Gasteiger partial charge in [-0.2, -0.15) is 5.10 Å². The third-order valence-electron chi connectivity index (χ3n) is 4.08. The Balaban J connectivity index is 2.04. The van der Waals surface area contributed by atoms with E-state index in [9.17, 15) is 9.18 Å². The highest BCUT2D eigenvalue weighted by Gasteiger charge is 2.21. The SMILES string of the molecule is COC(=O)c1cc(F)cc2c1n1nccc1n2COCC[Si](C)(C)C. The third-order valence-corrected chi connectivity index (χ3v) is 5.78. The number of nitrogens with zero attached hydrogens (tertiary/aromatic N) is 3. The Morgan fingerprint density at radius 2 is 2.08 bits per heavy atom. The molecule has 0 saturated heterocycles. The maximum absolute atomic E-state index is 14.1. The van der Waals surface area contributed by atoms with Gasteiger partial charge in [-0.25, -0.2) is 13.7 Å². The van der Waals surface area contributed by atoms with E-state index in [-0.39, 0.29) is 12.3 Å². The second-order valence-corrected chi connectivity index (χ2v) is 12.8. The minimum absolute atomic E-state index is 0.145. The Morgan fingerprint density at radius 3 is 2.76 bits per heavy atom. The molecule has 3 rings (SSSR count). The number of fused-ring (bicyclic) bond motifs is 3. The number of hydrogen-bond acceptors (Lipinski definition) is 4. The highest BCUT2D eigenvalue weighted by Crippen LogP contribution is 2.26. The Bertz CT molecular complexity index is 927. The van der Waals surface area contributed by atoms with E-state index in [0.29, 0.717) is 17.6 Å². The zero-order valence-electron chi connectivity index (χ0n) is 14.9. The first-order valence-corrected chi connectivity index (χ1v) is 11.8. The van der Waals surface area contributed by atoms with Crippen molar-refractivity contribution in [1.82, 2.24) is 14.2 Å². The van der Waals surface area contributed by atoms with E-state index in [0.717, 1.165) is 11.7 Å². The Morgan fingerprint density at radius 1 is 1.32 bits per heavy atom. The molecule has 0 atom stereocenters. The average Bonchev–Trinajstić information content (AvgIpc) is 3.10. The lowest BCUT2D eigenvalue weighted by Crippen LogP contribution is -2.22. The summed E-state index contributed by atoms with van der Waals surface area (Å²) in [6, 6.07) is 5.41. The second-order valence-electron chi connectivity index (χ2n) is 7.19. The van der Waals surface area contributed by atoms with Gasteiger partial charge in [-0.15, -0.1) is 0 Å². The van der Waals surface area contributed by atoms with Crippen molar-refractivity contribution in [1.29, 1.82) is 0 Å². The highest BCUT2D eigenvalue weighted by molar-refractivity contribution is 6.76. The summed E-state index contributed by atoms with van der Waals surface area (Å²) in [4.78, 5) is 12.1. The van der Waals surface area contributed by atoms with Gasteiger partial charge in [0.1, 0.15) is 23.7 Å². The number of halogens is 1. The Kier molecular flexibility index (Phi) is 4.66. The van der Waals surface area contributed by atoms with Crippen molar-refractivity contribution in [3.05, 3.63) is 35.8 Å². The molecule has 0 aliphatic heterocycles. The van der Waals surface area contributed by atoms with Gasteiger partial charge in [0.2, 0.25) is 0 Å². The fourth-order valence-corrected chi connectivity index (χ4v) is 3.50. The minimum atomic E-state index is -1.18. The topological polar surface area (TPSA) is 57.8 Å². The van der Waals surface area contributed by atoms with Crippen LogP contribution in [0.1, 0.15) is 10.4 Å². The maximum Gasteiger partial charge on any atom is 0.340 e. The van der Waals surface area contributed by atoms with Gasteiger partial charge >= 0.3 is 5.97 Å². The molecule has 2 aromatic heterocycles.